The predicted octanol–water partition coefficient (Wildman–Crippen LogP) is 4.56. The zero-order valence-electron chi connectivity index (χ0n) is 20.4. The molecule has 2 aromatic rings. The summed E-state index contributed by atoms with van der Waals surface area (Å²) < 4.78 is 5.61. The van der Waals surface area contributed by atoms with E-state index in [-0.39, 0.29) is 43.2 Å². The highest BCUT2D eigenvalue weighted by Gasteiger charge is 2.44. The van der Waals surface area contributed by atoms with Gasteiger partial charge in [0.25, 0.3) is 0 Å². The van der Waals surface area contributed by atoms with Crippen LogP contribution in [0, 0.1) is 17.3 Å². The van der Waals surface area contributed by atoms with Crippen LogP contribution in [0.5, 0.6) is 0 Å². The molecule has 2 amide bonds. The Hall–Kier alpha value is -3.35. The lowest BCUT2D eigenvalue weighted by Gasteiger charge is -2.40. The molecule has 35 heavy (non-hydrogen) atoms. The molecule has 0 radical (unpaired) electrons. The number of nitrogens with one attached hydrogen (secondary N) is 2. The number of aliphatic carboxylic acids is 1. The number of carboxylic acid groups (broad SMARTS) is 1. The topological polar surface area (TPSA) is 105 Å². The van der Waals surface area contributed by atoms with Crippen LogP contribution in [0.1, 0.15) is 56.6 Å². The van der Waals surface area contributed by atoms with Crippen LogP contribution >= 0.6 is 0 Å². The molecule has 186 valence electrons. The molecule has 0 spiro atoms. The second kappa shape index (κ2) is 10.5. The van der Waals surface area contributed by atoms with Crippen molar-refractivity contribution in [2.45, 2.75) is 45.4 Å². The minimum atomic E-state index is -0.867. The van der Waals surface area contributed by atoms with Gasteiger partial charge in [0.15, 0.2) is 0 Å². The SMILES string of the molecule is CC(C)C(CNC(=O)C1(CNC(=O)OCC2c3ccccc3-c3ccccc32)CCC1)CC(=O)O. The highest BCUT2D eigenvalue weighted by atomic mass is 16.5. The summed E-state index contributed by atoms with van der Waals surface area (Å²) in [6, 6.07) is 16.3. The van der Waals surface area contributed by atoms with Gasteiger partial charge >= 0.3 is 12.1 Å². The minimum absolute atomic E-state index is 0.0168. The molecule has 2 aromatic carbocycles. The average molecular weight is 479 g/mol. The summed E-state index contributed by atoms with van der Waals surface area (Å²) in [5, 5.41) is 14.9. The van der Waals surface area contributed by atoms with Gasteiger partial charge < -0.3 is 20.5 Å². The van der Waals surface area contributed by atoms with Crippen molar-refractivity contribution in [2.75, 3.05) is 19.7 Å². The summed E-state index contributed by atoms with van der Waals surface area (Å²) in [7, 11) is 0. The Morgan fingerprint density at radius 3 is 2.11 bits per heavy atom. The fraction of sp³-hybridized carbons (Fsp3) is 0.464. The molecule has 7 nitrogen and oxygen atoms in total. The Balaban J connectivity index is 1.31. The zero-order chi connectivity index (χ0) is 25.0. The van der Waals surface area contributed by atoms with Crippen molar-refractivity contribution in [3.05, 3.63) is 59.7 Å². The summed E-state index contributed by atoms with van der Waals surface area (Å²) in [5.41, 5.74) is 3.99. The van der Waals surface area contributed by atoms with Gasteiger partial charge in [-0.3, -0.25) is 9.59 Å². The Morgan fingerprint density at radius 2 is 1.60 bits per heavy atom. The maximum absolute atomic E-state index is 13.0. The average Bonchev–Trinajstić information content (AvgIpc) is 3.13. The molecule has 0 aliphatic heterocycles. The van der Waals surface area contributed by atoms with Gasteiger partial charge in [0.05, 0.1) is 11.8 Å². The Bertz CT molecular complexity index is 1050. The fourth-order valence-corrected chi connectivity index (χ4v) is 5.16. The monoisotopic (exact) mass is 478 g/mol. The molecule has 1 unspecified atom stereocenters. The van der Waals surface area contributed by atoms with Crippen LogP contribution in [0.25, 0.3) is 11.1 Å². The van der Waals surface area contributed by atoms with Gasteiger partial charge in [-0.15, -0.1) is 0 Å². The largest absolute Gasteiger partial charge is 0.481 e. The maximum atomic E-state index is 13.0. The molecule has 0 heterocycles. The van der Waals surface area contributed by atoms with E-state index in [0.29, 0.717) is 19.4 Å². The van der Waals surface area contributed by atoms with Gasteiger partial charge in [0, 0.05) is 19.0 Å². The van der Waals surface area contributed by atoms with Crippen LogP contribution in [0.4, 0.5) is 4.79 Å². The molecule has 1 saturated carbocycles. The van der Waals surface area contributed by atoms with E-state index in [9.17, 15) is 14.4 Å². The van der Waals surface area contributed by atoms with E-state index in [0.717, 1.165) is 17.5 Å². The van der Waals surface area contributed by atoms with Gasteiger partial charge in [-0.2, -0.15) is 0 Å². The van der Waals surface area contributed by atoms with E-state index >= 15 is 0 Å². The lowest BCUT2D eigenvalue weighted by molar-refractivity contribution is -0.140. The van der Waals surface area contributed by atoms with Crippen molar-refractivity contribution < 1.29 is 24.2 Å². The standard InChI is InChI=1S/C28H34N2O5/c1-18(2)19(14-25(31)32)15-29-26(33)28(12-7-13-28)17-30-27(34)35-16-24-22-10-5-3-8-20(22)21-9-4-6-11-23(21)24/h3-6,8-11,18-19,24H,7,12-17H2,1-2H3,(H,29,33)(H,30,34)(H,31,32). The smallest absolute Gasteiger partial charge is 0.407 e. The minimum Gasteiger partial charge on any atom is -0.481 e. The number of rotatable bonds is 10. The highest BCUT2D eigenvalue weighted by molar-refractivity contribution is 5.84. The van der Waals surface area contributed by atoms with E-state index in [4.69, 9.17) is 9.84 Å². The van der Waals surface area contributed by atoms with Crippen LogP contribution < -0.4 is 10.6 Å². The second-order valence-electron chi connectivity index (χ2n) is 10.1. The number of alkyl carbamates (subject to hydrolysis) is 1. The number of hydrogen-bond acceptors (Lipinski definition) is 4. The lowest BCUT2D eigenvalue weighted by atomic mass is 9.68. The van der Waals surface area contributed by atoms with E-state index in [2.05, 4.69) is 34.9 Å². The van der Waals surface area contributed by atoms with Crippen LogP contribution in [-0.2, 0) is 14.3 Å². The zero-order valence-corrected chi connectivity index (χ0v) is 20.4. The summed E-state index contributed by atoms with van der Waals surface area (Å²) >= 11 is 0. The maximum Gasteiger partial charge on any atom is 0.407 e. The number of amides is 2. The number of ether oxygens (including phenoxy) is 1. The van der Waals surface area contributed by atoms with Gasteiger partial charge in [0.1, 0.15) is 6.61 Å². The molecule has 3 N–H and O–H groups in total. The first-order valence-electron chi connectivity index (χ1n) is 12.4. The number of fused-ring (bicyclic) bond motifs is 3. The van der Waals surface area contributed by atoms with Crippen LogP contribution in [0.2, 0.25) is 0 Å². The van der Waals surface area contributed by atoms with Crippen LogP contribution in [0.15, 0.2) is 48.5 Å². The molecule has 1 atom stereocenters. The van der Waals surface area contributed by atoms with Crippen molar-refractivity contribution in [2.24, 2.45) is 17.3 Å². The summed E-state index contributed by atoms with van der Waals surface area (Å²) in [4.78, 5) is 36.7. The van der Waals surface area contributed by atoms with Gasteiger partial charge in [-0.05, 0) is 46.9 Å². The quantitative estimate of drug-likeness (QED) is 0.464. The summed E-state index contributed by atoms with van der Waals surface area (Å²) in [6.07, 6.45) is 1.78. The molecule has 0 bridgehead atoms. The van der Waals surface area contributed by atoms with Gasteiger partial charge in [-0.25, -0.2) is 4.79 Å². The van der Waals surface area contributed by atoms with Crippen molar-refractivity contribution in [3.8, 4) is 11.1 Å². The summed E-state index contributed by atoms with van der Waals surface area (Å²) in [6.45, 7) is 4.66. The van der Waals surface area contributed by atoms with Crippen molar-refractivity contribution in [3.63, 3.8) is 0 Å². The molecule has 0 saturated heterocycles. The summed E-state index contributed by atoms with van der Waals surface area (Å²) in [5.74, 6) is -1.00. The molecule has 0 aromatic heterocycles. The van der Waals surface area contributed by atoms with E-state index in [1.165, 1.54) is 11.1 Å². The third-order valence-corrected chi connectivity index (χ3v) is 7.61. The molecule has 7 heteroatoms. The second-order valence-corrected chi connectivity index (χ2v) is 10.1. The number of carbonyl (C=O) groups excluding carboxylic acids is 2. The molecular weight excluding hydrogens is 444 g/mol. The van der Waals surface area contributed by atoms with Crippen molar-refractivity contribution in [1.29, 1.82) is 0 Å². The van der Waals surface area contributed by atoms with Gasteiger partial charge in [-0.1, -0.05) is 68.8 Å². The number of carboxylic acids is 1. The Labute approximate surface area is 206 Å². The number of carbonyl (C=O) groups is 3. The Morgan fingerprint density at radius 1 is 1.00 bits per heavy atom. The molecule has 1 fully saturated rings. The lowest BCUT2D eigenvalue weighted by Crippen LogP contribution is -2.53. The predicted molar refractivity (Wildman–Crippen MR) is 133 cm³/mol. The van der Waals surface area contributed by atoms with E-state index < -0.39 is 17.5 Å². The van der Waals surface area contributed by atoms with E-state index in [1.807, 2.05) is 38.1 Å². The normalized spacial score (nSPS) is 16.5. The first-order chi connectivity index (χ1) is 16.8. The molecular formula is C28H34N2O5. The third-order valence-electron chi connectivity index (χ3n) is 7.61. The van der Waals surface area contributed by atoms with E-state index in [1.54, 1.807) is 0 Å². The molecule has 2 aliphatic rings. The van der Waals surface area contributed by atoms with Crippen molar-refractivity contribution >= 4 is 18.0 Å². The van der Waals surface area contributed by atoms with Crippen LogP contribution in [0.3, 0.4) is 0 Å². The van der Waals surface area contributed by atoms with Crippen LogP contribution in [-0.4, -0.2) is 42.8 Å². The first-order valence-corrected chi connectivity index (χ1v) is 12.4. The fourth-order valence-electron chi connectivity index (χ4n) is 5.16. The number of hydrogen-bond donors (Lipinski definition) is 3. The molecule has 2 aliphatic carbocycles. The highest BCUT2D eigenvalue weighted by Crippen LogP contribution is 2.44. The molecule has 4 rings (SSSR count). The number of benzene rings is 2. The third kappa shape index (κ3) is 5.34. The first kappa shape index (κ1) is 24.8. The van der Waals surface area contributed by atoms with Crippen molar-refractivity contribution in [1.82, 2.24) is 10.6 Å². The Kier molecular flexibility index (Phi) is 7.43. The van der Waals surface area contributed by atoms with Gasteiger partial charge in [0.2, 0.25) is 5.91 Å².